The first-order valence-electron chi connectivity index (χ1n) is 3.63. The van der Waals surface area contributed by atoms with Gasteiger partial charge in [-0.2, -0.15) is 5.10 Å². The van der Waals surface area contributed by atoms with Crippen molar-refractivity contribution in [3.8, 4) is 0 Å². The SMILES string of the molecule is C/N=C1/C(C)=NN(C)C1NC. The number of hydrazone groups is 1. The molecule has 1 rings (SSSR count). The predicted octanol–water partition coefficient (Wildman–Crippen LogP) is -0.0760. The summed E-state index contributed by atoms with van der Waals surface area (Å²) < 4.78 is 0. The first-order chi connectivity index (χ1) is 5.20. The molecular weight excluding hydrogens is 140 g/mol. The minimum absolute atomic E-state index is 0.153. The van der Waals surface area contributed by atoms with Crippen LogP contribution in [0.25, 0.3) is 0 Å². The molecular formula is C7H14N4. The second kappa shape index (κ2) is 3.00. The van der Waals surface area contributed by atoms with Crippen LogP contribution in [0.1, 0.15) is 6.92 Å². The Morgan fingerprint density at radius 1 is 1.64 bits per heavy atom. The van der Waals surface area contributed by atoms with Crippen molar-refractivity contribution in [1.29, 1.82) is 0 Å². The molecule has 0 amide bonds. The maximum Gasteiger partial charge on any atom is 0.140 e. The van der Waals surface area contributed by atoms with E-state index in [4.69, 9.17) is 0 Å². The van der Waals surface area contributed by atoms with E-state index in [1.54, 1.807) is 7.05 Å². The first kappa shape index (κ1) is 8.20. The van der Waals surface area contributed by atoms with Crippen molar-refractivity contribution >= 4 is 11.4 Å². The second-order valence-corrected chi connectivity index (χ2v) is 2.56. The Morgan fingerprint density at radius 3 is 2.64 bits per heavy atom. The van der Waals surface area contributed by atoms with E-state index in [0.29, 0.717) is 0 Å². The van der Waals surface area contributed by atoms with Gasteiger partial charge in [0.25, 0.3) is 0 Å². The summed E-state index contributed by atoms with van der Waals surface area (Å²) in [5.74, 6) is 0. The lowest BCUT2D eigenvalue weighted by Gasteiger charge is -2.17. The molecule has 1 aliphatic heterocycles. The van der Waals surface area contributed by atoms with Gasteiger partial charge in [0.2, 0.25) is 0 Å². The lowest BCUT2D eigenvalue weighted by atomic mass is 10.2. The van der Waals surface area contributed by atoms with E-state index >= 15 is 0 Å². The molecule has 0 fully saturated rings. The highest BCUT2D eigenvalue weighted by Crippen LogP contribution is 2.07. The smallest absolute Gasteiger partial charge is 0.140 e. The lowest BCUT2D eigenvalue weighted by Crippen LogP contribution is -2.42. The zero-order chi connectivity index (χ0) is 8.43. The van der Waals surface area contributed by atoms with Crippen LogP contribution < -0.4 is 5.32 Å². The molecule has 0 saturated carbocycles. The van der Waals surface area contributed by atoms with Crippen molar-refractivity contribution in [2.75, 3.05) is 21.1 Å². The normalized spacial score (nSPS) is 28.0. The molecule has 4 nitrogen and oxygen atoms in total. The molecule has 1 heterocycles. The third-order valence-corrected chi connectivity index (χ3v) is 1.83. The molecule has 11 heavy (non-hydrogen) atoms. The fraction of sp³-hybridized carbons (Fsp3) is 0.714. The largest absolute Gasteiger partial charge is 0.294 e. The highest BCUT2D eigenvalue weighted by atomic mass is 15.5. The van der Waals surface area contributed by atoms with Crippen LogP contribution in [0.15, 0.2) is 10.1 Å². The van der Waals surface area contributed by atoms with Crippen LogP contribution in [0, 0.1) is 0 Å². The monoisotopic (exact) mass is 154 g/mol. The van der Waals surface area contributed by atoms with Crippen molar-refractivity contribution < 1.29 is 0 Å². The number of aliphatic imine (C=N–C) groups is 1. The number of hydrogen-bond acceptors (Lipinski definition) is 4. The van der Waals surface area contributed by atoms with Gasteiger partial charge in [0.15, 0.2) is 0 Å². The van der Waals surface area contributed by atoms with Gasteiger partial charge in [-0.15, -0.1) is 0 Å². The Balaban J connectivity index is 2.86. The van der Waals surface area contributed by atoms with E-state index in [-0.39, 0.29) is 6.17 Å². The summed E-state index contributed by atoms with van der Waals surface area (Å²) in [4.78, 5) is 4.15. The maximum absolute atomic E-state index is 4.25. The highest BCUT2D eigenvalue weighted by Gasteiger charge is 2.26. The Bertz CT molecular complexity index is 206. The van der Waals surface area contributed by atoms with Crippen molar-refractivity contribution in [2.24, 2.45) is 10.1 Å². The average molecular weight is 154 g/mol. The standard InChI is InChI=1S/C7H14N4/c1-5-6(8-2)7(9-3)11(4)10-5/h7,9H,1-4H3/b8-6-. The quantitative estimate of drug-likeness (QED) is 0.574. The number of nitrogens with one attached hydrogen (secondary N) is 1. The first-order valence-corrected chi connectivity index (χ1v) is 3.63. The van der Waals surface area contributed by atoms with Crippen LogP contribution in [-0.4, -0.2) is 43.7 Å². The summed E-state index contributed by atoms with van der Waals surface area (Å²) in [6.07, 6.45) is 0.153. The molecule has 0 spiro atoms. The number of nitrogens with zero attached hydrogens (tertiary/aromatic N) is 3. The van der Waals surface area contributed by atoms with Crippen LogP contribution in [0.3, 0.4) is 0 Å². The van der Waals surface area contributed by atoms with E-state index in [2.05, 4.69) is 15.4 Å². The van der Waals surface area contributed by atoms with Gasteiger partial charge in [-0.05, 0) is 14.0 Å². The second-order valence-electron chi connectivity index (χ2n) is 2.56. The third-order valence-electron chi connectivity index (χ3n) is 1.83. The van der Waals surface area contributed by atoms with Gasteiger partial charge < -0.3 is 0 Å². The summed E-state index contributed by atoms with van der Waals surface area (Å²) in [6, 6.07) is 0. The maximum atomic E-state index is 4.25. The van der Waals surface area contributed by atoms with E-state index in [0.717, 1.165) is 11.4 Å². The van der Waals surface area contributed by atoms with Gasteiger partial charge >= 0.3 is 0 Å². The fourth-order valence-electron chi connectivity index (χ4n) is 1.33. The molecule has 0 aromatic heterocycles. The van der Waals surface area contributed by atoms with E-state index in [1.165, 1.54) is 0 Å². The minimum atomic E-state index is 0.153. The highest BCUT2D eigenvalue weighted by molar-refractivity contribution is 6.44. The number of hydrogen-bond donors (Lipinski definition) is 1. The molecule has 1 atom stereocenters. The van der Waals surface area contributed by atoms with Crippen molar-refractivity contribution in [2.45, 2.75) is 13.1 Å². The number of rotatable bonds is 1. The molecule has 1 unspecified atom stereocenters. The van der Waals surface area contributed by atoms with Gasteiger partial charge in [0, 0.05) is 14.1 Å². The molecule has 4 heteroatoms. The summed E-state index contributed by atoms with van der Waals surface area (Å²) in [7, 11) is 5.63. The van der Waals surface area contributed by atoms with E-state index < -0.39 is 0 Å². The van der Waals surface area contributed by atoms with Crippen LogP contribution in [-0.2, 0) is 0 Å². The zero-order valence-electron chi connectivity index (χ0n) is 7.42. The summed E-state index contributed by atoms with van der Waals surface area (Å²) in [5, 5.41) is 9.25. The zero-order valence-corrected chi connectivity index (χ0v) is 7.42. The molecule has 1 N–H and O–H groups in total. The lowest BCUT2D eigenvalue weighted by molar-refractivity contribution is 0.299. The molecule has 0 radical (unpaired) electrons. The van der Waals surface area contributed by atoms with Gasteiger partial charge in [0.1, 0.15) is 6.17 Å². The van der Waals surface area contributed by atoms with Gasteiger partial charge in [-0.3, -0.25) is 15.3 Å². The molecule has 0 saturated heterocycles. The Hall–Kier alpha value is -0.900. The molecule has 0 bridgehead atoms. The minimum Gasteiger partial charge on any atom is -0.294 e. The molecule has 62 valence electrons. The average Bonchev–Trinajstić information content (AvgIpc) is 2.24. The van der Waals surface area contributed by atoms with Gasteiger partial charge in [0.05, 0.1) is 11.4 Å². The van der Waals surface area contributed by atoms with E-state index in [1.807, 2.05) is 26.0 Å². The Morgan fingerprint density at radius 2 is 2.27 bits per heavy atom. The Kier molecular flexibility index (Phi) is 2.24. The third kappa shape index (κ3) is 1.26. The van der Waals surface area contributed by atoms with Gasteiger partial charge in [-0.1, -0.05) is 0 Å². The molecule has 0 aliphatic carbocycles. The molecule has 0 aromatic rings. The predicted molar refractivity (Wildman–Crippen MR) is 47.1 cm³/mol. The van der Waals surface area contributed by atoms with Crippen LogP contribution >= 0.6 is 0 Å². The van der Waals surface area contributed by atoms with Crippen LogP contribution in [0.2, 0.25) is 0 Å². The van der Waals surface area contributed by atoms with Crippen LogP contribution in [0.4, 0.5) is 0 Å². The van der Waals surface area contributed by atoms with Crippen LogP contribution in [0.5, 0.6) is 0 Å². The summed E-state index contributed by atoms with van der Waals surface area (Å²) in [5.41, 5.74) is 2.02. The topological polar surface area (TPSA) is 40.0 Å². The molecule has 1 aliphatic rings. The summed E-state index contributed by atoms with van der Waals surface area (Å²) in [6.45, 7) is 1.97. The van der Waals surface area contributed by atoms with Gasteiger partial charge in [-0.25, -0.2) is 0 Å². The molecule has 0 aromatic carbocycles. The summed E-state index contributed by atoms with van der Waals surface area (Å²) >= 11 is 0. The Labute approximate surface area is 67.0 Å². The van der Waals surface area contributed by atoms with Crippen molar-refractivity contribution in [3.63, 3.8) is 0 Å². The van der Waals surface area contributed by atoms with E-state index in [9.17, 15) is 0 Å². The van der Waals surface area contributed by atoms with Crippen molar-refractivity contribution in [1.82, 2.24) is 10.3 Å². The van der Waals surface area contributed by atoms with Crippen molar-refractivity contribution in [3.05, 3.63) is 0 Å². The fourth-order valence-corrected chi connectivity index (χ4v) is 1.33.